The van der Waals surface area contributed by atoms with Gasteiger partial charge in [0.15, 0.2) is 5.96 Å². The summed E-state index contributed by atoms with van der Waals surface area (Å²) >= 11 is 0. The molecule has 0 aliphatic carbocycles. The second-order valence-corrected chi connectivity index (χ2v) is 10.3. The van der Waals surface area contributed by atoms with Crippen molar-refractivity contribution >= 4 is 39.8 Å². The number of hydrogen-bond acceptors (Lipinski definition) is 5. The van der Waals surface area contributed by atoms with E-state index in [-0.39, 0.29) is 35.1 Å². The number of piperidine rings is 1. The number of rotatable bonds is 10. The first-order valence-electron chi connectivity index (χ1n) is 9.51. The lowest BCUT2D eigenvalue weighted by Crippen LogP contribution is -2.50. The Morgan fingerprint density at radius 3 is 2.44 bits per heavy atom. The van der Waals surface area contributed by atoms with Crippen LogP contribution in [0.5, 0.6) is 0 Å². The topological polar surface area (TPSA) is 83.0 Å². The summed E-state index contributed by atoms with van der Waals surface area (Å²) in [5.41, 5.74) is -0.106. The van der Waals surface area contributed by atoms with Gasteiger partial charge < -0.3 is 20.3 Å². The SMILES string of the molecule is CN=C(NCC(C)(C)CCS(C)(=O)=O)NC1CCN(CCCOC)CC1.I. The molecule has 0 aromatic heterocycles. The molecule has 0 bridgehead atoms. The van der Waals surface area contributed by atoms with Crippen LogP contribution in [0.1, 0.15) is 39.5 Å². The fourth-order valence-corrected chi connectivity index (χ4v) is 3.92. The zero-order chi connectivity index (χ0) is 19.6. The van der Waals surface area contributed by atoms with Gasteiger partial charge in [-0.1, -0.05) is 13.8 Å². The summed E-state index contributed by atoms with van der Waals surface area (Å²) in [6, 6.07) is 0.430. The molecule has 1 fully saturated rings. The Morgan fingerprint density at radius 1 is 1.30 bits per heavy atom. The third-order valence-corrected chi connectivity index (χ3v) is 5.80. The molecule has 162 valence electrons. The molecule has 0 unspecified atom stereocenters. The number of methoxy groups -OCH3 is 1. The molecular formula is C18H39IN4O3S. The second kappa shape index (κ2) is 13.2. The molecule has 0 aromatic rings. The Kier molecular flexibility index (Phi) is 13.1. The molecule has 0 atom stereocenters. The summed E-state index contributed by atoms with van der Waals surface area (Å²) in [5, 5.41) is 6.87. The van der Waals surface area contributed by atoms with Gasteiger partial charge in [-0.15, -0.1) is 24.0 Å². The minimum atomic E-state index is -2.92. The van der Waals surface area contributed by atoms with Crippen LogP contribution >= 0.6 is 24.0 Å². The Labute approximate surface area is 183 Å². The maximum Gasteiger partial charge on any atom is 0.191 e. The highest BCUT2D eigenvalue weighted by atomic mass is 127. The smallest absolute Gasteiger partial charge is 0.191 e. The van der Waals surface area contributed by atoms with E-state index in [1.165, 1.54) is 6.26 Å². The molecule has 0 aromatic carbocycles. The third-order valence-electron chi connectivity index (χ3n) is 4.86. The lowest BCUT2D eigenvalue weighted by molar-refractivity contribution is 0.155. The predicted octanol–water partition coefficient (Wildman–Crippen LogP) is 1.73. The summed E-state index contributed by atoms with van der Waals surface area (Å²) in [5.74, 6) is 1.02. The molecule has 0 saturated carbocycles. The lowest BCUT2D eigenvalue weighted by atomic mass is 9.90. The van der Waals surface area contributed by atoms with Gasteiger partial charge in [-0.05, 0) is 31.1 Å². The Balaban J connectivity index is 0.00000676. The van der Waals surface area contributed by atoms with Crippen LogP contribution in [0.15, 0.2) is 4.99 Å². The molecule has 7 nitrogen and oxygen atoms in total. The van der Waals surface area contributed by atoms with Gasteiger partial charge in [0.05, 0.1) is 5.75 Å². The van der Waals surface area contributed by atoms with Crippen molar-refractivity contribution in [1.82, 2.24) is 15.5 Å². The van der Waals surface area contributed by atoms with Crippen LogP contribution in [0.25, 0.3) is 0 Å². The van der Waals surface area contributed by atoms with E-state index in [1.54, 1.807) is 14.2 Å². The highest BCUT2D eigenvalue weighted by Gasteiger charge is 2.22. The van der Waals surface area contributed by atoms with Gasteiger partial charge in [0.2, 0.25) is 0 Å². The summed E-state index contributed by atoms with van der Waals surface area (Å²) in [7, 11) is 0.600. The van der Waals surface area contributed by atoms with Crippen molar-refractivity contribution in [2.75, 3.05) is 59.0 Å². The van der Waals surface area contributed by atoms with E-state index in [4.69, 9.17) is 4.74 Å². The van der Waals surface area contributed by atoms with Gasteiger partial charge in [0.25, 0.3) is 0 Å². The van der Waals surface area contributed by atoms with Gasteiger partial charge in [-0.3, -0.25) is 4.99 Å². The molecule has 2 N–H and O–H groups in total. The van der Waals surface area contributed by atoms with E-state index in [9.17, 15) is 8.42 Å². The quantitative estimate of drug-likeness (QED) is 0.199. The van der Waals surface area contributed by atoms with Crippen LogP contribution < -0.4 is 10.6 Å². The second-order valence-electron chi connectivity index (χ2n) is 8.08. The highest BCUT2D eigenvalue weighted by molar-refractivity contribution is 14.0. The van der Waals surface area contributed by atoms with E-state index in [2.05, 4.69) is 34.4 Å². The number of likely N-dealkylation sites (tertiary alicyclic amines) is 1. The van der Waals surface area contributed by atoms with Crippen LogP contribution in [0.4, 0.5) is 0 Å². The van der Waals surface area contributed by atoms with Crippen LogP contribution in [0.3, 0.4) is 0 Å². The van der Waals surface area contributed by atoms with Crippen molar-refractivity contribution in [2.24, 2.45) is 10.4 Å². The van der Waals surface area contributed by atoms with Crippen LogP contribution in [-0.4, -0.2) is 84.3 Å². The molecule has 1 aliphatic rings. The molecule has 1 rings (SSSR count). The molecule has 27 heavy (non-hydrogen) atoms. The van der Waals surface area contributed by atoms with Crippen molar-refractivity contribution in [2.45, 2.75) is 45.6 Å². The van der Waals surface area contributed by atoms with Crippen LogP contribution in [0.2, 0.25) is 0 Å². The van der Waals surface area contributed by atoms with Crippen molar-refractivity contribution in [3.05, 3.63) is 0 Å². The molecule has 0 spiro atoms. The maximum absolute atomic E-state index is 11.4. The zero-order valence-electron chi connectivity index (χ0n) is 17.6. The summed E-state index contributed by atoms with van der Waals surface area (Å²) in [6.45, 7) is 8.97. The molecule has 0 radical (unpaired) electrons. The molecule has 9 heteroatoms. The molecule has 1 heterocycles. The number of ether oxygens (including phenoxy) is 1. The summed E-state index contributed by atoms with van der Waals surface area (Å²) < 4.78 is 27.9. The number of aliphatic imine (C=N–C) groups is 1. The minimum absolute atomic E-state index is 0. The Bertz CT molecular complexity index is 533. The normalized spacial score (nSPS) is 17.4. The number of nitrogens with zero attached hydrogens (tertiary/aromatic N) is 2. The molecular weight excluding hydrogens is 479 g/mol. The predicted molar refractivity (Wildman–Crippen MR) is 124 cm³/mol. The standard InChI is InChI=1S/C18H38N4O3S.HI/c1-18(2,9-14-26(5,23)24)15-20-17(19-3)21-16-7-11-22(12-8-16)10-6-13-25-4;/h16H,6-15H2,1-5H3,(H2,19,20,21);1H. The summed E-state index contributed by atoms with van der Waals surface area (Å²) in [4.78, 5) is 6.81. The average Bonchev–Trinajstić information content (AvgIpc) is 2.58. The largest absolute Gasteiger partial charge is 0.385 e. The highest BCUT2D eigenvalue weighted by Crippen LogP contribution is 2.19. The van der Waals surface area contributed by atoms with Gasteiger partial charge in [0.1, 0.15) is 9.84 Å². The fourth-order valence-electron chi connectivity index (χ4n) is 2.99. The van der Waals surface area contributed by atoms with E-state index >= 15 is 0 Å². The minimum Gasteiger partial charge on any atom is -0.385 e. The van der Waals surface area contributed by atoms with Gasteiger partial charge >= 0.3 is 0 Å². The van der Waals surface area contributed by atoms with E-state index in [1.807, 2.05) is 0 Å². The van der Waals surface area contributed by atoms with Gasteiger partial charge in [0, 0.05) is 59.2 Å². The van der Waals surface area contributed by atoms with E-state index in [0.717, 1.165) is 51.5 Å². The fraction of sp³-hybridized carbons (Fsp3) is 0.944. The third kappa shape index (κ3) is 12.8. The Morgan fingerprint density at radius 2 is 1.93 bits per heavy atom. The zero-order valence-corrected chi connectivity index (χ0v) is 20.7. The van der Waals surface area contributed by atoms with Crippen LogP contribution in [0, 0.1) is 5.41 Å². The summed E-state index contributed by atoms with van der Waals surface area (Å²) in [6.07, 6.45) is 5.21. The molecule has 0 amide bonds. The average molecular weight is 519 g/mol. The van der Waals surface area contributed by atoms with Crippen molar-refractivity contribution in [3.63, 3.8) is 0 Å². The van der Waals surface area contributed by atoms with E-state index < -0.39 is 9.84 Å². The van der Waals surface area contributed by atoms with Gasteiger partial charge in [-0.2, -0.15) is 0 Å². The van der Waals surface area contributed by atoms with Crippen molar-refractivity contribution in [3.8, 4) is 0 Å². The Hall–Kier alpha value is -0.130. The maximum atomic E-state index is 11.4. The first-order chi connectivity index (χ1) is 12.1. The lowest BCUT2D eigenvalue weighted by Gasteiger charge is -2.33. The molecule has 1 aliphatic heterocycles. The van der Waals surface area contributed by atoms with E-state index in [0.29, 0.717) is 19.0 Å². The van der Waals surface area contributed by atoms with Crippen LogP contribution in [-0.2, 0) is 14.6 Å². The van der Waals surface area contributed by atoms with Crippen molar-refractivity contribution < 1.29 is 13.2 Å². The van der Waals surface area contributed by atoms with Crippen molar-refractivity contribution in [1.29, 1.82) is 0 Å². The number of nitrogens with one attached hydrogen (secondary N) is 2. The number of guanidine groups is 1. The number of sulfone groups is 1. The molecule has 1 saturated heterocycles. The monoisotopic (exact) mass is 518 g/mol. The number of hydrogen-bond donors (Lipinski definition) is 2. The first kappa shape index (κ1) is 26.9. The number of halogens is 1. The first-order valence-corrected chi connectivity index (χ1v) is 11.6. The van der Waals surface area contributed by atoms with Gasteiger partial charge in [-0.25, -0.2) is 8.42 Å².